The Morgan fingerprint density at radius 2 is 2.11 bits per heavy atom. The lowest BCUT2D eigenvalue weighted by atomic mass is 10.1. The van der Waals surface area contributed by atoms with Crippen LogP contribution in [0.3, 0.4) is 0 Å². The number of nitrogens with one attached hydrogen (secondary N) is 1. The lowest BCUT2D eigenvalue weighted by Crippen LogP contribution is -2.19. The van der Waals surface area contributed by atoms with Crippen molar-refractivity contribution in [3.8, 4) is 0 Å². The van der Waals surface area contributed by atoms with Crippen LogP contribution in [-0.2, 0) is 6.54 Å². The first-order valence-corrected chi connectivity index (χ1v) is 6.13. The molecule has 0 radical (unpaired) electrons. The van der Waals surface area contributed by atoms with Crippen LogP contribution in [0.5, 0.6) is 0 Å². The molecule has 0 fully saturated rings. The Morgan fingerprint density at radius 1 is 1.28 bits per heavy atom. The molecule has 2 nitrogen and oxygen atoms in total. The first-order valence-electron chi connectivity index (χ1n) is 5.75. The fourth-order valence-electron chi connectivity index (χ4n) is 1.68. The van der Waals surface area contributed by atoms with Gasteiger partial charge in [0.15, 0.2) is 0 Å². The molecule has 0 amide bonds. The molecule has 2 rings (SSSR count). The number of pyridine rings is 1. The lowest BCUT2D eigenvalue weighted by Gasteiger charge is -2.14. The van der Waals surface area contributed by atoms with Crippen molar-refractivity contribution in [2.45, 2.75) is 19.5 Å². The summed E-state index contributed by atoms with van der Waals surface area (Å²) in [6.45, 7) is 2.52. The molecule has 94 valence electrons. The van der Waals surface area contributed by atoms with Crippen LogP contribution in [0.15, 0.2) is 42.6 Å². The Labute approximate surface area is 111 Å². The van der Waals surface area contributed by atoms with Gasteiger partial charge in [0.05, 0.1) is 10.7 Å². The molecule has 1 N–H and O–H groups in total. The minimum Gasteiger partial charge on any atom is -0.305 e. The molecule has 0 saturated carbocycles. The molecule has 4 heteroatoms. The Bertz CT molecular complexity index is 516. The molecule has 0 aliphatic rings. The summed E-state index contributed by atoms with van der Waals surface area (Å²) in [6, 6.07) is 10.7. The van der Waals surface area contributed by atoms with Gasteiger partial charge in [0.25, 0.3) is 0 Å². The van der Waals surface area contributed by atoms with Crippen molar-refractivity contribution < 1.29 is 4.39 Å². The topological polar surface area (TPSA) is 24.9 Å². The fourth-order valence-corrected chi connectivity index (χ4v) is 1.88. The molecule has 0 bridgehead atoms. The molecular weight excluding hydrogens is 251 g/mol. The van der Waals surface area contributed by atoms with Gasteiger partial charge in [-0.3, -0.25) is 4.98 Å². The Balaban J connectivity index is 2.02. The number of rotatable bonds is 4. The van der Waals surface area contributed by atoms with E-state index >= 15 is 0 Å². The highest BCUT2D eigenvalue weighted by atomic mass is 35.5. The molecule has 0 aliphatic carbocycles. The van der Waals surface area contributed by atoms with Crippen molar-refractivity contribution in [3.63, 3.8) is 0 Å². The summed E-state index contributed by atoms with van der Waals surface area (Å²) >= 11 is 5.89. The van der Waals surface area contributed by atoms with E-state index in [9.17, 15) is 4.39 Å². The molecule has 0 aliphatic heterocycles. The van der Waals surface area contributed by atoms with E-state index in [4.69, 9.17) is 11.6 Å². The SMILES string of the molecule is C[C@@H](NCc1cccc(F)c1Cl)c1ccccn1. The van der Waals surface area contributed by atoms with Crippen LogP contribution >= 0.6 is 11.6 Å². The molecule has 1 heterocycles. The van der Waals surface area contributed by atoms with Crippen molar-refractivity contribution in [3.05, 3.63) is 64.7 Å². The number of hydrogen-bond acceptors (Lipinski definition) is 2. The van der Waals surface area contributed by atoms with Crippen LogP contribution in [-0.4, -0.2) is 4.98 Å². The van der Waals surface area contributed by atoms with Crippen LogP contribution < -0.4 is 5.32 Å². The Kier molecular flexibility index (Phi) is 4.28. The zero-order chi connectivity index (χ0) is 13.0. The number of halogens is 2. The van der Waals surface area contributed by atoms with Gasteiger partial charge in [-0.25, -0.2) is 4.39 Å². The van der Waals surface area contributed by atoms with Crippen molar-refractivity contribution in [1.29, 1.82) is 0 Å². The van der Waals surface area contributed by atoms with Gasteiger partial charge in [0.1, 0.15) is 5.82 Å². The standard InChI is InChI=1S/C14H14ClFN2/c1-10(13-7-2-3-8-17-13)18-9-11-5-4-6-12(16)14(11)15/h2-8,10,18H,9H2,1H3/t10-/m1/s1. The highest BCUT2D eigenvalue weighted by Crippen LogP contribution is 2.20. The third kappa shape index (κ3) is 3.06. The Hall–Kier alpha value is -1.45. The van der Waals surface area contributed by atoms with E-state index in [2.05, 4.69) is 10.3 Å². The zero-order valence-corrected chi connectivity index (χ0v) is 10.8. The average Bonchev–Trinajstić information content (AvgIpc) is 2.41. The van der Waals surface area contributed by atoms with E-state index in [1.165, 1.54) is 6.07 Å². The number of aromatic nitrogens is 1. The highest BCUT2D eigenvalue weighted by Gasteiger charge is 2.09. The summed E-state index contributed by atoms with van der Waals surface area (Å²) in [6.07, 6.45) is 1.75. The van der Waals surface area contributed by atoms with E-state index in [0.29, 0.717) is 6.54 Å². The monoisotopic (exact) mass is 264 g/mol. The van der Waals surface area contributed by atoms with E-state index in [-0.39, 0.29) is 16.9 Å². The van der Waals surface area contributed by atoms with Gasteiger partial charge < -0.3 is 5.32 Å². The largest absolute Gasteiger partial charge is 0.305 e. The molecule has 1 aromatic heterocycles. The summed E-state index contributed by atoms with van der Waals surface area (Å²) in [5.41, 5.74) is 1.70. The second-order valence-electron chi connectivity index (χ2n) is 4.07. The minimum absolute atomic E-state index is 0.0885. The maximum Gasteiger partial charge on any atom is 0.142 e. The van der Waals surface area contributed by atoms with E-state index in [1.807, 2.05) is 31.2 Å². The van der Waals surface area contributed by atoms with Crippen LogP contribution in [0.1, 0.15) is 24.2 Å². The third-order valence-electron chi connectivity index (χ3n) is 2.76. The summed E-state index contributed by atoms with van der Waals surface area (Å²) in [7, 11) is 0. The summed E-state index contributed by atoms with van der Waals surface area (Å²) in [5, 5.41) is 3.45. The summed E-state index contributed by atoms with van der Waals surface area (Å²) in [5.74, 6) is -0.388. The lowest BCUT2D eigenvalue weighted by molar-refractivity contribution is 0.557. The predicted molar refractivity (Wildman–Crippen MR) is 70.9 cm³/mol. The van der Waals surface area contributed by atoms with Crippen molar-refractivity contribution in [2.24, 2.45) is 0 Å². The zero-order valence-electron chi connectivity index (χ0n) is 10.0. The molecule has 0 spiro atoms. The smallest absolute Gasteiger partial charge is 0.142 e. The quantitative estimate of drug-likeness (QED) is 0.910. The first kappa shape index (κ1) is 13.0. The second kappa shape index (κ2) is 5.94. The summed E-state index contributed by atoms with van der Waals surface area (Å²) in [4.78, 5) is 4.26. The number of benzene rings is 1. The molecule has 1 atom stereocenters. The van der Waals surface area contributed by atoms with Gasteiger partial charge in [-0.1, -0.05) is 29.8 Å². The molecule has 2 aromatic rings. The van der Waals surface area contributed by atoms with Crippen molar-refractivity contribution in [2.75, 3.05) is 0 Å². The van der Waals surface area contributed by atoms with Gasteiger partial charge >= 0.3 is 0 Å². The first-order chi connectivity index (χ1) is 8.68. The highest BCUT2D eigenvalue weighted by molar-refractivity contribution is 6.31. The normalized spacial score (nSPS) is 12.4. The third-order valence-corrected chi connectivity index (χ3v) is 3.18. The van der Waals surface area contributed by atoms with E-state index in [1.54, 1.807) is 12.3 Å². The van der Waals surface area contributed by atoms with Gasteiger partial charge in [-0.2, -0.15) is 0 Å². The van der Waals surface area contributed by atoms with Crippen LogP contribution in [0.4, 0.5) is 4.39 Å². The van der Waals surface area contributed by atoms with E-state index in [0.717, 1.165) is 11.3 Å². The molecule has 0 saturated heterocycles. The van der Waals surface area contributed by atoms with Gasteiger partial charge in [0, 0.05) is 18.8 Å². The van der Waals surface area contributed by atoms with Gasteiger partial charge in [-0.15, -0.1) is 0 Å². The van der Waals surface area contributed by atoms with Gasteiger partial charge in [-0.05, 0) is 30.7 Å². The maximum atomic E-state index is 13.3. The molecule has 1 aromatic carbocycles. The predicted octanol–water partition coefficient (Wildman–Crippen LogP) is 3.72. The van der Waals surface area contributed by atoms with Crippen LogP contribution in [0.2, 0.25) is 5.02 Å². The number of hydrogen-bond donors (Lipinski definition) is 1. The van der Waals surface area contributed by atoms with Crippen molar-refractivity contribution >= 4 is 11.6 Å². The van der Waals surface area contributed by atoms with Gasteiger partial charge in [0.2, 0.25) is 0 Å². The summed E-state index contributed by atoms with van der Waals surface area (Å²) < 4.78 is 13.3. The second-order valence-corrected chi connectivity index (χ2v) is 4.45. The average molecular weight is 265 g/mol. The van der Waals surface area contributed by atoms with E-state index < -0.39 is 0 Å². The molecule has 18 heavy (non-hydrogen) atoms. The Morgan fingerprint density at radius 3 is 2.83 bits per heavy atom. The minimum atomic E-state index is -0.388. The molecular formula is C14H14ClFN2. The molecule has 0 unspecified atom stereocenters. The van der Waals surface area contributed by atoms with Crippen LogP contribution in [0, 0.1) is 5.82 Å². The number of nitrogens with zero attached hydrogens (tertiary/aromatic N) is 1. The van der Waals surface area contributed by atoms with Crippen LogP contribution in [0.25, 0.3) is 0 Å². The van der Waals surface area contributed by atoms with Crippen molar-refractivity contribution in [1.82, 2.24) is 10.3 Å². The maximum absolute atomic E-state index is 13.3. The fraction of sp³-hybridized carbons (Fsp3) is 0.214.